The summed E-state index contributed by atoms with van der Waals surface area (Å²) in [5.41, 5.74) is 7.11. The molecule has 4 nitrogen and oxygen atoms in total. The van der Waals surface area contributed by atoms with Gasteiger partial charge in [0, 0.05) is 18.4 Å². The van der Waals surface area contributed by atoms with Gasteiger partial charge >= 0.3 is 0 Å². The van der Waals surface area contributed by atoms with Gasteiger partial charge in [-0.25, -0.2) is 9.97 Å². The summed E-state index contributed by atoms with van der Waals surface area (Å²) in [5.74, 6) is 0.579. The highest BCUT2D eigenvalue weighted by Gasteiger charge is 2.34. The van der Waals surface area contributed by atoms with E-state index in [1.54, 1.807) is 12.4 Å². The van der Waals surface area contributed by atoms with Gasteiger partial charge in [-0.05, 0) is 31.2 Å². The zero-order chi connectivity index (χ0) is 11.5. The van der Waals surface area contributed by atoms with Crippen LogP contribution in [0.1, 0.15) is 18.4 Å². The first-order valence-corrected chi connectivity index (χ1v) is 6.40. The summed E-state index contributed by atoms with van der Waals surface area (Å²) in [6.45, 7) is 2.04. The number of aliphatic hydroxyl groups excluding tert-OH is 1. The molecule has 0 aliphatic heterocycles. The van der Waals surface area contributed by atoms with Crippen LogP contribution in [0.2, 0.25) is 0 Å². The molecule has 1 aromatic rings. The third kappa shape index (κ3) is 2.93. The van der Waals surface area contributed by atoms with Crippen LogP contribution in [-0.4, -0.2) is 33.0 Å². The molecule has 0 saturated heterocycles. The van der Waals surface area contributed by atoms with Crippen molar-refractivity contribution in [3.05, 3.63) is 18.0 Å². The van der Waals surface area contributed by atoms with Gasteiger partial charge in [0.1, 0.15) is 0 Å². The van der Waals surface area contributed by atoms with E-state index >= 15 is 0 Å². The largest absolute Gasteiger partial charge is 0.395 e. The highest BCUT2D eigenvalue weighted by molar-refractivity contribution is 7.99. The molecule has 1 aliphatic rings. The highest BCUT2D eigenvalue weighted by atomic mass is 32.2. The van der Waals surface area contributed by atoms with E-state index < -0.39 is 0 Å². The van der Waals surface area contributed by atoms with Gasteiger partial charge < -0.3 is 10.8 Å². The number of aliphatic hydroxyl groups is 1. The normalized spacial score (nSPS) is 19.4. The molecular weight excluding hydrogens is 222 g/mol. The van der Waals surface area contributed by atoms with Crippen LogP contribution in [0.15, 0.2) is 17.6 Å². The Balaban J connectivity index is 1.97. The maximum atomic E-state index is 9.33. The summed E-state index contributed by atoms with van der Waals surface area (Å²) in [7, 11) is 0. The summed E-state index contributed by atoms with van der Waals surface area (Å²) in [4.78, 5) is 8.43. The predicted molar refractivity (Wildman–Crippen MR) is 64.2 cm³/mol. The molecule has 1 fully saturated rings. The maximum absolute atomic E-state index is 9.33. The molecule has 0 bridgehead atoms. The lowest BCUT2D eigenvalue weighted by molar-refractivity contribution is 0.277. The molecule has 2 unspecified atom stereocenters. The molecule has 3 N–H and O–H groups in total. The fourth-order valence-electron chi connectivity index (χ4n) is 1.60. The van der Waals surface area contributed by atoms with Crippen LogP contribution >= 0.6 is 11.8 Å². The number of rotatable bonds is 5. The third-order valence-corrected chi connectivity index (χ3v) is 3.98. The van der Waals surface area contributed by atoms with Gasteiger partial charge in [-0.1, -0.05) is 11.8 Å². The summed E-state index contributed by atoms with van der Waals surface area (Å²) in [6, 6.07) is 0.0555. The second-order valence-electron chi connectivity index (χ2n) is 4.30. The molecule has 1 heterocycles. The minimum absolute atomic E-state index is 0.00945. The SMILES string of the molecule is Cc1cnc(SC(CO)C(N)C2CC2)nc1. The van der Waals surface area contributed by atoms with Crippen LogP contribution in [0, 0.1) is 12.8 Å². The van der Waals surface area contributed by atoms with Gasteiger partial charge in [-0.3, -0.25) is 0 Å². The molecule has 88 valence electrons. The number of aryl methyl sites for hydroxylation is 1. The topological polar surface area (TPSA) is 72.0 Å². The predicted octanol–water partition coefficient (Wildman–Crippen LogP) is 0.975. The Morgan fingerprint density at radius 2 is 2.12 bits per heavy atom. The Bertz CT molecular complexity index is 340. The quantitative estimate of drug-likeness (QED) is 0.592. The van der Waals surface area contributed by atoms with Crippen molar-refractivity contribution in [1.29, 1.82) is 0 Å². The van der Waals surface area contributed by atoms with Gasteiger partial charge in [0.25, 0.3) is 0 Å². The van der Waals surface area contributed by atoms with E-state index in [-0.39, 0.29) is 17.9 Å². The minimum atomic E-state index is 0.00945. The number of aromatic nitrogens is 2. The lowest BCUT2D eigenvalue weighted by Gasteiger charge is -2.20. The second kappa shape index (κ2) is 5.12. The number of thioether (sulfide) groups is 1. The molecular formula is C11H17N3OS. The van der Waals surface area contributed by atoms with Gasteiger partial charge in [-0.2, -0.15) is 0 Å². The van der Waals surface area contributed by atoms with E-state index in [4.69, 9.17) is 5.73 Å². The van der Waals surface area contributed by atoms with Crippen LogP contribution in [0.4, 0.5) is 0 Å². The summed E-state index contributed by atoms with van der Waals surface area (Å²) in [5, 5.41) is 10.0. The third-order valence-electron chi connectivity index (χ3n) is 2.79. The lowest BCUT2D eigenvalue weighted by atomic mass is 10.1. The van der Waals surface area contributed by atoms with Crippen LogP contribution in [-0.2, 0) is 0 Å². The molecule has 0 radical (unpaired) electrons. The monoisotopic (exact) mass is 239 g/mol. The van der Waals surface area contributed by atoms with Crippen LogP contribution in [0.25, 0.3) is 0 Å². The Kier molecular flexibility index (Phi) is 3.78. The molecule has 2 rings (SSSR count). The molecule has 2 atom stereocenters. The molecule has 0 spiro atoms. The van der Waals surface area contributed by atoms with Gasteiger partial charge in [0.05, 0.1) is 11.9 Å². The van der Waals surface area contributed by atoms with Crippen LogP contribution in [0.3, 0.4) is 0 Å². The van der Waals surface area contributed by atoms with Crippen molar-refractivity contribution in [2.75, 3.05) is 6.61 Å². The van der Waals surface area contributed by atoms with E-state index in [9.17, 15) is 5.11 Å². The van der Waals surface area contributed by atoms with Crippen molar-refractivity contribution in [1.82, 2.24) is 9.97 Å². The standard InChI is InChI=1S/C11H17N3OS/c1-7-4-13-11(14-5-7)16-9(6-15)10(12)8-2-3-8/h4-5,8-10,15H,2-3,6,12H2,1H3. The van der Waals surface area contributed by atoms with Gasteiger partial charge in [0.15, 0.2) is 5.16 Å². The highest BCUT2D eigenvalue weighted by Crippen LogP contribution is 2.36. The summed E-state index contributed by atoms with van der Waals surface area (Å²) in [6.07, 6.45) is 5.94. The first-order valence-electron chi connectivity index (χ1n) is 5.52. The van der Waals surface area contributed by atoms with E-state index in [0.29, 0.717) is 11.1 Å². The number of hydrogen-bond acceptors (Lipinski definition) is 5. The molecule has 16 heavy (non-hydrogen) atoms. The Morgan fingerprint density at radius 1 is 1.50 bits per heavy atom. The minimum Gasteiger partial charge on any atom is -0.395 e. The molecule has 5 heteroatoms. The number of nitrogens with two attached hydrogens (primary N) is 1. The lowest BCUT2D eigenvalue weighted by Crippen LogP contribution is -2.37. The fraction of sp³-hybridized carbons (Fsp3) is 0.636. The van der Waals surface area contributed by atoms with Crippen molar-refractivity contribution in [3.8, 4) is 0 Å². The Hall–Kier alpha value is -0.650. The van der Waals surface area contributed by atoms with Gasteiger partial charge in [0.2, 0.25) is 0 Å². The van der Waals surface area contributed by atoms with Crippen LogP contribution < -0.4 is 5.73 Å². The van der Waals surface area contributed by atoms with Crippen LogP contribution in [0.5, 0.6) is 0 Å². The average molecular weight is 239 g/mol. The van der Waals surface area contributed by atoms with Crippen molar-refractivity contribution >= 4 is 11.8 Å². The number of hydrogen-bond donors (Lipinski definition) is 2. The van der Waals surface area contributed by atoms with E-state index in [1.807, 2.05) is 6.92 Å². The fourth-order valence-corrected chi connectivity index (χ4v) is 2.55. The molecule has 0 amide bonds. The van der Waals surface area contributed by atoms with E-state index in [2.05, 4.69) is 9.97 Å². The van der Waals surface area contributed by atoms with Crippen molar-refractivity contribution < 1.29 is 5.11 Å². The second-order valence-corrected chi connectivity index (χ2v) is 5.50. The maximum Gasteiger partial charge on any atom is 0.187 e. The molecule has 1 aliphatic carbocycles. The first kappa shape index (κ1) is 11.8. The van der Waals surface area contributed by atoms with Crippen molar-refractivity contribution in [2.45, 2.75) is 36.2 Å². The average Bonchev–Trinajstić information content (AvgIpc) is 3.11. The summed E-state index contributed by atoms with van der Waals surface area (Å²) < 4.78 is 0. The number of nitrogens with zero attached hydrogens (tertiary/aromatic N) is 2. The van der Waals surface area contributed by atoms with E-state index in [1.165, 1.54) is 24.6 Å². The van der Waals surface area contributed by atoms with Crippen molar-refractivity contribution in [2.24, 2.45) is 11.7 Å². The molecule has 1 aromatic heterocycles. The van der Waals surface area contributed by atoms with Crippen molar-refractivity contribution in [3.63, 3.8) is 0 Å². The molecule has 1 saturated carbocycles. The van der Waals surface area contributed by atoms with E-state index in [0.717, 1.165) is 5.56 Å². The Labute approximate surface area is 99.7 Å². The smallest absolute Gasteiger partial charge is 0.187 e. The summed E-state index contributed by atoms with van der Waals surface area (Å²) >= 11 is 1.48. The Morgan fingerprint density at radius 3 is 2.62 bits per heavy atom. The molecule has 0 aromatic carbocycles. The zero-order valence-corrected chi connectivity index (χ0v) is 10.2. The van der Waals surface area contributed by atoms with Gasteiger partial charge in [-0.15, -0.1) is 0 Å². The zero-order valence-electron chi connectivity index (χ0n) is 9.34. The first-order chi connectivity index (χ1) is 7.70.